The van der Waals surface area contributed by atoms with Crippen molar-refractivity contribution in [3.63, 3.8) is 0 Å². The van der Waals surface area contributed by atoms with Crippen LogP contribution in [0.25, 0.3) is 0 Å². The highest BCUT2D eigenvalue weighted by atomic mass is 35.5. The molecule has 0 saturated carbocycles. The Morgan fingerprint density at radius 2 is 2.17 bits per heavy atom. The Morgan fingerprint density at radius 3 is 2.83 bits per heavy atom. The molecule has 0 spiro atoms. The Hall–Kier alpha value is -1.94. The van der Waals surface area contributed by atoms with E-state index in [1.165, 1.54) is 12.1 Å². The quantitative estimate of drug-likeness (QED) is 0.677. The Morgan fingerprint density at radius 1 is 1.33 bits per heavy atom. The molecule has 3 nitrogen and oxygen atoms in total. The van der Waals surface area contributed by atoms with E-state index in [4.69, 9.17) is 11.6 Å². The highest BCUT2D eigenvalue weighted by Crippen LogP contribution is 2.19. The Bertz CT molecular complexity index is 570. The van der Waals surface area contributed by atoms with Gasteiger partial charge < -0.3 is 0 Å². The molecule has 18 heavy (non-hydrogen) atoms. The summed E-state index contributed by atoms with van der Waals surface area (Å²) >= 11 is 5.67. The minimum atomic E-state index is -0.451. The van der Waals surface area contributed by atoms with E-state index in [1.807, 2.05) is 25.1 Å². The highest BCUT2D eigenvalue weighted by Gasteiger charge is 2.01. The van der Waals surface area contributed by atoms with Gasteiger partial charge in [0.25, 0.3) is 0 Å². The predicted octanol–water partition coefficient (Wildman–Crippen LogP) is 3.71. The van der Waals surface area contributed by atoms with E-state index in [1.54, 1.807) is 12.3 Å². The summed E-state index contributed by atoms with van der Waals surface area (Å²) in [6.07, 6.45) is 1.70. The van der Waals surface area contributed by atoms with Gasteiger partial charge >= 0.3 is 0 Å². The normalized spacial score (nSPS) is 11.4. The van der Waals surface area contributed by atoms with Crippen LogP contribution in [0.4, 0.5) is 10.1 Å². The Kier molecular flexibility index (Phi) is 3.89. The van der Waals surface area contributed by atoms with Crippen molar-refractivity contribution >= 4 is 23.0 Å². The van der Waals surface area contributed by atoms with Crippen LogP contribution >= 0.6 is 11.6 Å². The van der Waals surface area contributed by atoms with Crippen molar-refractivity contribution in [2.45, 2.75) is 6.92 Å². The number of nitrogens with one attached hydrogen (secondary N) is 1. The van der Waals surface area contributed by atoms with Gasteiger partial charge in [-0.25, -0.2) is 4.39 Å². The van der Waals surface area contributed by atoms with Crippen LogP contribution in [-0.4, -0.2) is 10.7 Å². The van der Waals surface area contributed by atoms with Crippen LogP contribution in [-0.2, 0) is 0 Å². The van der Waals surface area contributed by atoms with Gasteiger partial charge in [0.1, 0.15) is 5.82 Å². The zero-order chi connectivity index (χ0) is 13.0. The van der Waals surface area contributed by atoms with E-state index < -0.39 is 5.82 Å². The fraction of sp³-hybridized carbons (Fsp3) is 0.0769. The summed E-state index contributed by atoms with van der Waals surface area (Å²) in [5.41, 5.74) is 4.94. The predicted molar refractivity (Wildman–Crippen MR) is 71.5 cm³/mol. The molecule has 5 heteroatoms. The molecule has 0 aliphatic heterocycles. The fourth-order valence-corrected chi connectivity index (χ4v) is 1.53. The molecule has 1 heterocycles. The second-order valence-corrected chi connectivity index (χ2v) is 4.06. The van der Waals surface area contributed by atoms with Crippen molar-refractivity contribution in [1.82, 2.24) is 4.98 Å². The molecule has 0 aliphatic rings. The maximum atomic E-state index is 13.0. The lowest BCUT2D eigenvalue weighted by atomic mass is 10.3. The largest absolute Gasteiger partial charge is 0.278 e. The fourth-order valence-electron chi connectivity index (χ4n) is 1.35. The molecule has 0 aliphatic carbocycles. The third-order valence-corrected chi connectivity index (χ3v) is 2.60. The van der Waals surface area contributed by atoms with Crippen molar-refractivity contribution in [3.8, 4) is 0 Å². The van der Waals surface area contributed by atoms with Gasteiger partial charge in [0, 0.05) is 6.20 Å². The van der Waals surface area contributed by atoms with Crippen LogP contribution in [0, 0.1) is 5.82 Å². The number of aromatic nitrogens is 1. The van der Waals surface area contributed by atoms with Crippen LogP contribution in [0.3, 0.4) is 0 Å². The number of hydrogen-bond donors (Lipinski definition) is 1. The zero-order valence-corrected chi connectivity index (χ0v) is 10.4. The molecule has 0 fully saturated rings. The topological polar surface area (TPSA) is 37.3 Å². The number of hydrogen-bond acceptors (Lipinski definition) is 3. The lowest BCUT2D eigenvalue weighted by Gasteiger charge is -2.03. The van der Waals surface area contributed by atoms with Crippen LogP contribution in [0.2, 0.25) is 5.02 Å². The summed E-state index contributed by atoms with van der Waals surface area (Å²) in [5.74, 6) is -0.451. The second kappa shape index (κ2) is 5.60. The number of halogens is 2. The first kappa shape index (κ1) is 12.5. The smallest absolute Gasteiger partial charge is 0.141 e. The molecule has 1 N–H and O–H groups in total. The zero-order valence-electron chi connectivity index (χ0n) is 9.69. The molecule has 0 bridgehead atoms. The maximum absolute atomic E-state index is 13.0. The number of hydrazone groups is 1. The molecular formula is C13H11ClFN3. The van der Waals surface area contributed by atoms with Crippen molar-refractivity contribution in [1.29, 1.82) is 0 Å². The summed E-state index contributed by atoms with van der Waals surface area (Å²) in [6, 6.07) is 9.91. The molecule has 1 aromatic heterocycles. The van der Waals surface area contributed by atoms with Gasteiger partial charge in [-0.15, -0.1) is 0 Å². The summed E-state index contributed by atoms with van der Waals surface area (Å²) in [7, 11) is 0. The van der Waals surface area contributed by atoms with Crippen molar-refractivity contribution in [3.05, 3.63) is 59.1 Å². The summed E-state index contributed by atoms with van der Waals surface area (Å²) in [5, 5.41) is 4.22. The number of rotatable bonds is 3. The SMILES string of the molecule is CC(=NNc1ccc(F)c(Cl)c1)c1ccccn1. The van der Waals surface area contributed by atoms with Crippen LogP contribution < -0.4 is 5.43 Å². The van der Waals surface area contributed by atoms with Crippen LogP contribution in [0.5, 0.6) is 0 Å². The van der Waals surface area contributed by atoms with Gasteiger partial charge in [-0.1, -0.05) is 17.7 Å². The van der Waals surface area contributed by atoms with Gasteiger partial charge in [0.15, 0.2) is 0 Å². The Labute approximate surface area is 109 Å². The molecule has 1 aromatic carbocycles. The van der Waals surface area contributed by atoms with E-state index in [-0.39, 0.29) is 5.02 Å². The first-order valence-electron chi connectivity index (χ1n) is 5.33. The molecule has 2 aromatic rings. The van der Waals surface area contributed by atoms with Gasteiger partial charge in [-0.05, 0) is 37.3 Å². The number of nitrogens with zero attached hydrogens (tertiary/aromatic N) is 2. The van der Waals surface area contributed by atoms with Crippen LogP contribution in [0.15, 0.2) is 47.7 Å². The van der Waals surface area contributed by atoms with Crippen molar-refractivity contribution in [2.75, 3.05) is 5.43 Å². The minimum absolute atomic E-state index is 0.0608. The first-order valence-corrected chi connectivity index (χ1v) is 5.71. The standard InChI is InChI=1S/C13H11ClFN3/c1-9(13-4-2-3-7-16-13)17-18-10-5-6-12(15)11(14)8-10/h2-8,18H,1H3. The van der Waals surface area contributed by atoms with Gasteiger partial charge in [-0.3, -0.25) is 10.4 Å². The summed E-state index contributed by atoms with van der Waals surface area (Å²) < 4.78 is 13.0. The monoisotopic (exact) mass is 263 g/mol. The van der Waals surface area contributed by atoms with Gasteiger partial charge in [-0.2, -0.15) is 5.10 Å². The highest BCUT2D eigenvalue weighted by molar-refractivity contribution is 6.31. The summed E-state index contributed by atoms with van der Waals surface area (Å²) in [6.45, 7) is 1.83. The third-order valence-electron chi connectivity index (χ3n) is 2.31. The molecule has 2 rings (SSSR count). The molecule has 0 radical (unpaired) electrons. The van der Waals surface area contributed by atoms with Gasteiger partial charge in [0.05, 0.1) is 22.1 Å². The summed E-state index contributed by atoms with van der Waals surface area (Å²) in [4.78, 5) is 4.17. The first-order chi connectivity index (χ1) is 8.66. The van der Waals surface area contributed by atoms with E-state index in [0.29, 0.717) is 5.69 Å². The molecule has 0 unspecified atom stereocenters. The second-order valence-electron chi connectivity index (χ2n) is 3.65. The number of pyridine rings is 1. The Balaban J connectivity index is 2.13. The lowest BCUT2D eigenvalue weighted by Crippen LogP contribution is -2.01. The molecular weight excluding hydrogens is 253 g/mol. The lowest BCUT2D eigenvalue weighted by molar-refractivity contribution is 0.628. The van der Waals surface area contributed by atoms with Gasteiger partial charge in [0.2, 0.25) is 0 Å². The number of benzene rings is 1. The van der Waals surface area contributed by atoms with E-state index in [2.05, 4.69) is 15.5 Å². The van der Waals surface area contributed by atoms with Crippen molar-refractivity contribution < 1.29 is 4.39 Å². The molecule has 0 amide bonds. The van der Waals surface area contributed by atoms with E-state index >= 15 is 0 Å². The van der Waals surface area contributed by atoms with E-state index in [9.17, 15) is 4.39 Å². The van der Waals surface area contributed by atoms with E-state index in [0.717, 1.165) is 11.4 Å². The average Bonchev–Trinajstić information content (AvgIpc) is 2.41. The minimum Gasteiger partial charge on any atom is -0.278 e. The average molecular weight is 264 g/mol. The van der Waals surface area contributed by atoms with Crippen LogP contribution in [0.1, 0.15) is 12.6 Å². The number of anilines is 1. The van der Waals surface area contributed by atoms with Crippen molar-refractivity contribution in [2.24, 2.45) is 5.10 Å². The molecule has 0 saturated heterocycles. The molecule has 92 valence electrons. The third kappa shape index (κ3) is 3.05. The maximum Gasteiger partial charge on any atom is 0.141 e. The molecule has 0 atom stereocenters.